The number of likely N-dealkylation sites (N-methyl/N-ethyl adjacent to an activating group) is 1. The highest BCUT2D eigenvalue weighted by Gasteiger charge is 2.19. The van der Waals surface area contributed by atoms with E-state index in [0.717, 1.165) is 12.2 Å². The lowest BCUT2D eigenvalue weighted by atomic mass is 10.2. The van der Waals surface area contributed by atoms with Crippen LogP contribution < -0.4 is 16.6 Å². The summed E-state index contributed by atoms with van der Waals surface area (Å²) in [6.07, 6.45) is 5.21. The number of aromatic nitrogens is 1. The third-order valence-corrected chi connectivity index (χ3v) is 4.06. The van der Waals surface area contributed by atoms with E-state index in [2.05, 4.69) is 27.7 Å². The van der Waals surface area contributed by atoms with Crippen LogP contribution in [0.15, 0.2) is 12.1 Å². The number of pyridine rings is 1. The number of hydrazine groups is 1. The average molecular weight is 291 g/mol. The Labute approximate surface area is 126 Å². The third-order valence-electron chi connectivity index (χ3n) is 4.06. The first-order chi connectivity index (χ1) is 10.1. The Bertz CT molecular complexity index is 485. The topological polar surface area (TPSA) is 83.3 Å². The van der Waals surface area contributed by atoms with Gasteiger partial charge in [-0.2, -0.15) is 0 Å². The number of aryl methyl sites for hydroxylation is 1. The van der Waals surface area contributed by atoms with E-state index in [0.29, 0.717) is 24.0 Å². The zero-order valence-electron chi connectivity index (χ0n) is 12.9. The summed E-state index contributed by atoms with van der Waals surface area (Å²) >= 11 is 0. The second-order valence-corrected chi connectivity index (χ2v) is 5.70. The second-order valence-electron chi connectivity index (χ2n) is 5.70. The predicted octanol–water partition coefficient (Wildman–Crippen LogP) is 1.28. The van der Waals surface area contributed by atoms with Gasteiger partial charge in [0, 0.05) is 30.4 Å². The van der Waals surface area contributed by atoms with E-state index in [1.807, 2.05) is 6.92 Å². The highest BCUT2D eigenvalue weighted by molar-refractivity contribution is 5.94. The molecule has 1 heterocycles. The van der Waals surface area contributed by atoms with Gasteiger partial charge in [0.25, 0.3) is 5.91 Å². The lowest BCUT2D eigenvalue weighted by Gasteiger charge is -2.23. The second kappa shape index (κ2) is 7.38. The standard InChI is InChI=1S/C15H25N5O/c1-11-9-12(10-14(18-11)19-16)15(21)17-7-8-20(2)13-5-3-4-6-13/h9-10,13H,3-8,16H2,1-2H3,(H,17,21)(H,18,19). The van der Waals surface area contributed by atoms with Crippen molar-refractivity contribution in [2.24, 2.45) is 5.84 Å². The molecule has 0 bridgehead atoms. The number of hydrogen-bond acceptors (Lipinski definition) is 5. The molecule has 0 unspecified atom stereocenters. The first-order valence-electron chi connectivity index (χ1n) is 7.54. The number of nitrogens with one attached hydrogen (secondary N) is 2. The third kappa shape index (κ3) is 4.41. The summed E-state index contributed by atoms with van der Waals surface area (Å²) in [6, 6.07) is 4.10. The zero-order valence-corrected chi connectivity index (χ0v) is 12.9. The van der Waals surface area contributed by atoms with Gasteiger partial charge in [-0.1, -0.05) is 12.8 Å². The number of anilines is 1. The summed E-state index contributed by atoms with van der Waals surface area (Å²) in [5, 5.41) is 2.95. The van der Waals surface area contributed by atoms with Gasteiger partial charge in [-0.15, -0.1) is 0 Å². The smallest absolute Gasteiger partial charge is 0.251 e. The van der Waals surface area contributed by atoms with Gasteiger partial charge in [-0.3, -0.25) is 4.79 Å². The largest absolute Gasteiger partial charge is 0.351 e. The SMILES string of the molecule is Cc1cc(C(=O)NCCN(C)C2CCCC2)cc(NN)n1. The van der Waals surface area contributed by atoms with Crippen LogP contribution >= 0.6 is 0 Å². The van der Waals surface area contributed by atoms with Gasteiger partial charge in [0.2, 0.25) is 0 Å². The summed E-state index contributed by atoms with van der Waals surface area (Å²) in [4.78, 5) is 18.7. The fourth-order valence-corrected chi connectivity index (χ4v) is 2.85. The number of rotatable bonds is 6. The van der Waals surface area contributed by atoms with Crippen LogP contribution in [0.2, 0.25) is 0 Å². The van der Waals surface area contributed by atoms with Crippen molar-refractivity contribution in [3.63, 3.8) is 0 Å². The van der Waals surface area contributed by atoms with Crippen LogP contribution in [0.5, 0.6) is 0 Å². The minimum atomic E-state index is -0.0863. The van der Waals surface area contributed by atoms with Crippen LogP contribution in [0.3, 0.4) is 0 Å². The fraction of sp³-hybridized carbons (Fsp3) is 0.600. The molecular formula is C15H25N5O. The average Bonchev–Trinajstić information content (AvgIpc) is 3.00. The Morgan fingerprint density at radius 3 is 2.81 bits per heavy atom. The molecule has 1 aliphatic carbocycles. The molecule has 2 rings (SSSR count). The van der Waals surface area contributed by atoms with Crippen LogP contribution in [-0.2, 0) is 0 Å². The molecule has 1 aromatic rings. The molecule has 1 amide bonds. The van der Waals surface area contributed by atoms with Gasteiger partial charge < -0.3 is 15.6 Å². The number of nitrogens with zero attached hydrogens (tertiary/aromatic N) is 2. The molecule has 4 N–H and O–H groups in total. The summed E-state index contributed by atoms with van der Waals surface area (Å²) in [5.74, 6) is 5.76. The van der Waals surface area contributed by atoms with Crippen molar-refractivity contribution < 1.29 is 4.79 Å². The number of hydrogen-bond donors (Lipinski definition) is 3. The van der Waals surface area contributed by atoms with Crippen LogP contribution in [0, 0.1) is 6.92 Å². The van der Waals surface area contributed by atoms with Crippen LogP contribution in [0.4, 0.5) is 5.82 Å². The Morgan fingerprint density at radius 2 is 2.14 bits per heavy atom. The first kappa shape index (κ1) is 15.7. The Morgan fingerprint density at radius 1 is 1.43 bits per heavy atom. The molecule has 1 fully saturated rings. The molecule has 0 aromatic carbocycles. The number of nitrogens with two attached hydrogens (primary N) is 1. The van der Waals surface area contributed by atoms with Crippen molar-refractivity contribution in [3.8, 4) is 0 Å². The minimum Gasteiger partial charge on any atom is -0.351 e. The number of nitrogen functional groups attached to an aromatic ring is 1. The van der Waals surface area contributed by atoms with E-state index in [4.69, 9.17) is 5.84 Å². The number of carbonyl (C=O) groups is 1. The molecule has 1 aliphatic rings. The van der Waals surface area contributed by atoms with E-state index in [9.17, 15) is 4.79 Å². The molecule has 116 valence electrons. The Hall–Kier alpha value is -1.66. The van der Waals surface area contributed by atoms with Crippen molar-refractivity contribution in [2.45, 2.75) is 38.6 Å². The summed E-state index contributed by atoms with van der Waals surface area (Å²) in [5.41, 5.74) is 3.82. The quantitative estimate of drug-likeness (QED) is 0.543. The Kier molecular flexibility index (Phi) is 5.52. The molecule has 6 heteroatoms. The highest BCUT2D eigenvalue weighted by atomic mass is 16.1. The van der Waals surface area contributed by atoms with Crippen molar-refractivity contribution in [1.82, 2.24) is 15.2 Å². The molecular weight excluding hydrogens is 266 g/mol. The van der Waals surface area contributed by atoms with Gasteiger partial charge in [0.05, 0.1) is 0 Å². The molecule has 0 radical (unpaired) electrons. The maximum absolute atomic E-state index is 12.1. The molecule has 0 atom stereocenters. The lowest BCUT2D eigenvalue weighted by molar-refractivity contribution is 0.0947. The first-order valence-corrected chi connectivity index (χ1v) is 7.54. The maximum Gasteiger partial charge on any atom is 0.251 e. The fourth-order valence-electron chi connectivity index (χ4n) is 2.85. The van der Waals surface area contributed by atoms with Gasteiger partial charge in [-0.25, -0.2) is 10.8 Å². The number of amides is 1. The molecule has 0 aliphatic heterocycles. The van der Waals surface area contributed by atoms with Gasteiger partial charge >= 0.3 is 0 Å². The molecule has 0 saturated heterocycles. The Balaban J connectivity index is 1.82. The normalized spacial score (nSPS) is 15.4. The van der Waals surface area contributed by atoms with E-state index in [-0.39, 0.29) is 5.91 Å². The summed E-state index contributed by atoms with van der Waals surface area (Å²) in [6.45, 7) is 3.37. The molecule has 1 aromatic heterocycles. The number of carbonyl (C=O) groups excluding carboxylic acids is 1. The highest BCUT2D eigenvalue weighted by Crippen LogP contribution is 2.21. The van der Waals surface area contributed by atoms with E-state index >= 15 is 0 Å². The summed E-state index contributed by atoms with van der Waals surface area (Å²) < 4.78 is 0. The van der Waals surface area contributed by atoms with Crippen molar-refractivity contribution in [2.75, 3.05) is 25.6 Å². The van der Waals surface area contributed by atoms with Crippen molar-refractivity contribution in [3.05, 3.63) is 23.4 Å². The van der Waals surface area contributed by atoms with E-state index in [1.54, 1.807) is 12.1 Å². The van der Waals surface area contributed by atoms with Crippen molar-refractivity contribution >= 4 is 11.7 Å². The lowest BCUT2D eigenvalue weighted by Crippen LogP contribution is -2.37. The summed E-state index contributed by atoms with van der Waals surface area (Å²) in [7, 11) is 2.13. The monoisotopic (exact) mass is 291 g/mol. The predicted molar refractivity (Wildman–Crippen MR) is 84.0 cm³/mol. The van der Waals surface area contributed by atoms with E-state index < -0.39 is 0 Å². The zero-order chi connectivity index (χ0) is 15.2. The molecule has 6 nitrogen and oxygen atoms in total. The van der Waals surface area contributed by atoms with Gasteiger partial charge in [-0.05, 0) is 38.9 Å². The maximum atomic E-state index is 12.1. The molecule has 21 heavy (non-hydrogen) atoms. The van der Waals surface area contributed by atoms with Gasteiger partial charge in [0.1, 0.15) is 5.82 Å². The van der Waals surface area contributed by atoms with E-state index in [1.165, 1.54) is 25.7 Å². The van der Waals surface area contributed by atoms with Crippen molar-refractivity contribution in [1.29, 1.82) is 0 Å². The molecule has 0 spiro atoms. The minimum absolute atomic E-state index is 0.0863. The molecule has 1 saturated carbocycles. The van der Waals surface area contributed by atoms with Crippen LogP contribution in [-0.4, -0.2) is 42.0 Å². The van der Waals surface area contributed by atoms with Gasteiger partial charge in [0.15, 0.2) is 0 Å². The van der Waals surface area contributed by atoms with Crippen LogP contribution in [0.1, 0.15) is 41.7 Å². The van der Waals surface area contributed by atoms with Crippen LogP contribution in [0.25, 0.3) is 0 Å².